The second-order valence-corrected chi connectivity index (χ2v) is 2.95. The predicted octanol–water partition coefficient (Wildman–Crippen LogP) is 0.245. The lowest BCUT2D eigenvalue weighted by molar-refractivity contribution is 0.00206. The minimum Gasteiger partial charge on any atom is -0.377 e. The van der Waals surface area contributed by atoms with Gasteiger partial charge in [-0.25, -0.2) is 0 Å². The fourth-order valence-corrected chi connectivity index (χ4v) is 1.03. The third-order valence-corrected chi connectivity index (χ3v) is 1.77. The highest BCUT2D eigenvalue weighted by Gasteiger charge is 1.95. The smallest absolute Gasteiger partial charge is 0.109 e. The van der Waals surface area contributed by atoms with Crippen LogP contribution in [0.1, 0.15) is 0 Å². The van der Waals surface area contributed by atoms with Crippen molar-refractivity contribution in [1.82, 2.24) is 0 Å². The van der Waals surface area contributed by atoms with Crippen LogP contribution in [0.15, 0.2) is 0 Å². The molecule has 0 N–H and O–H groups in total. The molecule has 0 saturated carbocycles. The van der Waals surface area contributed by atoms with Crippen LogP contribution < -0.4 is 0 Å². The summed E-state index contributed by atoms with van der Waals surface area (Å²) in [7, 11) is 0. The molecule has 15 heavy (non-hydrogen) atoms. The zero-order valence-corrected chi connectivity index (χ0v) is 8.98. The Kier molecular flexibility index (Phi) is 8.85. The molecule has 1 radical (unpaired) electrons. The fraction of sp³-hybridized carbons (Fsp3) is 0.900. The van der Waals surface area contributed by atoms with Crippen LogP contribution in [0.25, 0.3) is 0 Å². The maximum atomic E-state index is 5.27. The van der Waals surface area contributed by atoms with Crippen molar-refractivity contribution in [3.8, 4) is 0 Å². The summed E-state index contributed by atoms with van der Waals surface area (Å²) in [5.41, 5.74) is 0. The van der Waals surface area contributed by atoms with Crippen LogP contribution >= 0.6 is 0 Å². The van der Waals surface area contributed by atoms with Gasteiger partial charge in [-0.05, 0) is 0 Å². The van der Waals surface area contributed by atoms with Crippen molar-refractivity contribution in [2.24, 2.45) is 0 Å². The van der Waals surface area contributed by atoms with Crippen molar-refractivity contribution in [2.75, 3.05) is 59.5 Å². The molecule has 0 aromatic rings. The van der Waals surface area contributed by atoms with Crippen molar-refractivity contribution in [2.45, 2.75) is 0 Å². The zero-order valence-electron chi connectivity index (χ0n) is 8.98. The molecule has 89 valence electrons. The normalized spacial score (nSPS) is 24.0. The molecule has 5 heteroatoms. The van der Waals surface area contributed by atoms with E-state index in [1.807, 2.05) is 0 Å². The van der Waals surface area contributed by atoms with Gasteiger partial charge in [-0.15, -0.1) is 0 Å². The standard InChI is InChI=1S/C10H19O5/c1-2-12-5-6-14-9-10-15-8-7-13-4-3-11-1/h1H,2-10H2. The monoisotopic (exact) mass is 219 g/mol. The largest absolute Gasteiger partial charge is 0.377 e. The molecule has 1 aliphatic heterocycles. The third-order valence-electron chi connectivity index (χ3n) is 1.77. The first kappa shape index (κ1) is 12.9. The lowest BCUT2D eigenvalue weighted by atomic mass is 10.7. The summed E-state index contributed by atoms with van der Waals surface area (Å²) in [6, 6.07) is 0. The first-order valence-corrected chi connectivity index (χ1v) is 5.24. The van der Waals surface area contributed by atoms with E-state index in [-0.39, 0.29) is 0 Å². The van der Waals surface area contributed by atoms with Crippen molar-refractivity contribution < 1.29 is 23.7 Å². The van der Waals surface area contributed by atoms with E-state index in [4.69, 9.17) is 23.7 Å². The molecule has 5 nitrogen and oxygen atoms in total. The Hall–Kier alpha value is -0.200. The molecule has 1 rings (SSSR count). The molecule has 1 heterocycles. The molecule has 0 unspecified atom stereocenters. The second-order valence-electron chi connectivity index (χ2n) is 2.95. The zero-order chi connectivity index (χ0) is 10.6. The lowest BCUT2D eigenvalue weighted by Crippen LogP contribution is -2.12. The summed E-state index contributed by atoms with van der Waals surface area (Å²) >= 11 is 0. The number of rotatable bonds is 0. The Morgan fingerprint density at radius 2 is 1.00 bits per heavy atom. The molecular formula is C10H19O5. The minimum atomic E-state index is 0.486. The molecule has 0 atom stereocenters. The van der Waals surface area contributed by atoms with Gasteiger partial charge in [0.1, 0.15) is 6.61 Å². The number of ether oxygens (including phenoxy) is 5. The van der Waals surface area contributed by atoms with Crippen LogP contribution in [-0.4, -0.2) is 59.5 Å². The molecule has 1 fully saturated rings. The summed E-state index contributed by atoms with van der Waals surface area (Å²) in [6.07, 6.45) is 0. The van der Waals surface area contributed by atoms with Crippen LogP contribution in [-0.2, 0) is 23.7 Å². The molecule has 0 aromatic heterocycles. The summed E-state index contributed by atoms with van der Waals surface area (Å²) in [5.74, 6) is 0. The predicted molar refractivity (Wildman–Crippen MR) is 53.5 cm³/mol. The summed E-state index contributed by atoms with van der Waals surface area (Å²) in [5, 5.41) is 0. The molecule has 1 aliphatic rings. The van der Waals surface area contributed by atoms with Gasteiger partial charge in [0.2, 0.25) is 0 Å². The molecule has 1 saturated heterocycles. The highest BCUT2D eigenvalue weighted by molar-refractivity contribution is 4.47. The van der Waals surface area contributed by atoms with Crippen LogP contribution in [0, 0.1) is 6.61 Å². The van der Waals surface area contributed by atoms with Crippen LogP contribution in [0.2, 0.25) is 0 Å². The maximum absolute atomic E-state index is 5.27. The lowest BCUT2D eigenvalue weighted by Gasteiger charge is -2.05. The molecular weight excluding hydrogens is 200 g/mol. The number of hydrogen-bond donors (Lipinski definition) is 0. The molecule has 0 amide bonds. The number of hydrogen-bond acceptors (Lipinski definition) is 5. The van der Waals surface area contributed by atoms with Gasteiger partial charge in [0.25, 0.3) is 0 Å². The first-order chi connectivity index (χ1) is 7.50. The summed E-state index contributed by atoms with van der Waals surface area (Å²) in [6.45, 7) is 6.83. The van der Waals surface area contributed by atoms with E-state index in [0.717, 1.165) is 0 Å². The van der Waals surface area contributed by atoms with E-state index >= 15 is 0 Å². The van der Waals surface area contributed by atoms with Gasteiger partial charge >= 0.3 is 0 Å². The van der Waals surface area contributed by atoms with Gasteiger partial charge in [0, 0.05) is 0 Å². The highest BCUT2D eigenvalue weighted by Crippen LogP contribution is 1.88. The van der Waals surface area contributed by atoms with Crippen molar-refractivity contribution in [3.05, 3.63) is 6.61 Å². The molecule has 0 aromatic carbocycles. The van der Waals surface area contributed by atoms with E-state index in [1.165, 1.54) is 0 Å². The second kappa shape index (κ2) is 10.3. The topological polar surface area (TPSA) is 46.2 Å². The highest BCUT2D eigenvalue weighted by atomic mass is 16.6. The van der Waals surface area contributed by atoms with Gasteiger partial charge in [-0.1, -0.05) is 0 Å². The van der Waals surface area contributed by atoms with E-state index in [9.17, 15) is 0 Å². The SMILES string of the molecule is [CH]1COCCOCCOCCOCCO1. The summed E-state index contributed by atoms with van der Waals surface area (Å²) < 4.78 is 26.2. The summed E-state index contributed by atoms with van der Waals surface area (Å²) in [4.78, 5) is 0. The molecule has 0 aliphatic carbocycles. The van der Waals surface area contributed by atoms with Crippen molar-refractivity contribution >= 4 is 0 Å². The maximum Gasteiger partial charge on any atom is 0.109 e. The van der Waals surface area contributed by atoms with E-state index in [1.54, 1.807) is 6.61 Å². The Bertz CT molecular complexity index is 72.4. The fourth-order valence-electron chi connectivity index (χ4n) is 1.03. The van der Waals surface area contributed by atoms with Gasteiger partial charge in [-0.2, -0.15) is 0 Å². The third kappa shape index (κ3) is 8.77. The van der Waals surface area contributed by atoms with Crippen molar-refractivity contribution in [3.63, 3.8) is 0 Å². The van der Waals surface area contributed by atoms with E-state index < -0.39 is 0 Å². The van der Waals surface area contributed by atoms with E-state index in [2.05, 4.69) is 0 Å². The Morgan fingerprint density at radius 1 is 0.533 bits per heavy atom. The van der Waals surface area contributed by atoms with Crippen molar-refractivity contribution in [1.29, 1.82) is 0 Å². The van der Waals surface area contributed by atoms with Gasteiger partial charge in [0.15, 0.2) is 0 Å². The Labute approximate surface area is 90.6 Å². The van der Waals surface area contributed by atoms with Crippen LogP contribution in [0.4, 0.5) is 0 Å². The van der Waals surface area contributed by atoms with E-state index in [0.29, 0.717) is 59.5 Å². The van der Waals surface area contributed by atoms with Crippen LogP contribution in [0.5, 0.6) is 0 Å². The Morgan fingerprint density at radius 3 is 1.60 bits per heavy atom. The molecule has 0 bridgehead atoms. The van der Waals surface area contributed by atoms with Gasteiger partial charge in [-0.3, -0.25) is 0 Å². The minimum absolute atomic E-state index is 0.486. The Balaban J connectivity index is 2.01. The average Bonchev–Trinajstić information content (AvgIpc) is 2.27. The average molecular weight is 219 g/mol. The van der Waals surface area contributed by atoms with Gasteiger partial charge in [0.05, 0.1) is 59.5 Å². The van der Waals surface area contributed by atoms with Crippen LogP contribution in [0.3, 0.4) is 0 Å². The molecule has 0 spiro atoms. The quantitative estimate of drug-likeness (QED) is 0.584. The first-order valence-electron chi connectivity index (χ1n) is 5.24. The van der Waals surface area contributed by atoms with Gasteiger partial charge < -0.3 is 23.7 Å².